The highest BCUT2D eigenvalue weighted by atomic mass is 32.2. The Hall–Kier alpha value is -1.38. The van der Waals surface area contributed by atoms with Crippen LogP contribution < -0.4 is 9.15 Å². The SMILES string of the molecule is CC(C)(C)OC(=O)[C@H](Cc1ccc(O[Si](C)(C)C(C)(C)C)cc1)NS(C)(=O)=O. The van der Waals surface area contributed by atoms with Crippen molar-refractivity contribution in [2.24, 2.45) is 0 Å². The second kappa shape index (κ2) is 8.55. The van der Waals surface area contributed by atoms with Gasteiger partial charge in [0.15, 0.2) is 0 Å². The van der Waals surface area contributed by atoms with Gasteiger partial charge in [-0.2, -0.15) is 0 Å². The van der Waals surface area contributed by atoms with Gasteiger partial charge in [-0.05, 0) is 63.0 Å². The molecule has 0 unspecified atom stereocenters. The fraction of sp³-hybridized carbons (Fsp3) is 0.650. The van der Waals surface area contributed by atoms with Crippen LogP contribution in [-0.2, 0) is 26.0 Å². The van der Waals surface area contributed by atoms with Crippen LogP contribution in [0.15, 0.2) is 24.3 Å². The van der Waals surface area contributed by atoms with Gasteiger partial charge < -0.3 is 9.16 Å². The standard InChI is InChI=1S/C20H35NO5SSi/c1-19(2,3)25-18(22)17(21-27(7,23)24)14-15-10-12-16(13-11-15)26-28(8,9)20(4,5)6/h10-13,17,21H,14H2,1-9H3/t17-/m0/s1. The molecule has 1 rings (SSSR count). The molecule has 0 saturated carbocycles. The minimum absolute atomic E-state index is 0.0902. The lowest BCUT2D eigenvalue weighted by Crippen LogP contribution is -2.45. The molecule has 0 aromatic heterocycles. The number of hydrogen-bond donors (Lipinski definition) is 1. The fourth-order valence-electron chi connectivity index (χ4n) is 2.18. The summed E-state index contributed by atoms with van der Waals surface area (Å²) in [4.78, 5) is 12.4. The van der Waals surface area contributed by atoms with Crippen molar-refractivity contribution >= 4 is 24.3 Å². The highest BCUT2D eigenvalue weighted by Crippen LogP contribution is 2.37. The van der Waals surface area contributed by atoms with E-state index in [4.69, 9.17) is 9.16 Å². The van der Waals surface area contributed by atoms with Crippen molar-refractivity contribution in [3.05, 3.63) is 29.8 Å². The van der Waals surface area contributed by atoms with Gasteiger partial charge >= 0.3 is 5.97 Å². The zero-order valence-corrected chi connectivity index (χ0v) is 20.4. The van der Waals surface area contributed by atoms with Crippen LogP contribution in [-0.4, -0.2) is 40.6 Å². The molecule has 1 aromatic carbocycles. The molecule has 160 valence electrons. The minimum Gasteiger partial charge on any atom is -0.544 e. The summed E-state index contributed by atoms with van der Waals surface area (Å²) >= 11 is 0. The second-order valence-electron chi connectivity index (χ2n) is 9.69. The Morgan fingerprint density at radius 3 is 1.96 bits per heavy atom. The summed E-state index contributed by atoms with van der Waals surface area (Å²) in [5.74, 6) is 0.180. The quantitative estimate of drug-likeness (QED) is 0.525. The lowest BCUT2D eigenvalue weighted by atomic mass is 10.1. The lowest BCUT2D eigenvalue weighted by Gasteiger charge is -2.36. The Morgan fingerprint density at radius 2 is 1.57 bits per heavy atom. The van der Waals surface area contributed by atoms with E-state index in [-0.39, 0.29) is 11.5 Å². The first-order valence-corrected chi connectivity index (χ1v) is 14.2. The van der Waals surface area contributed by atoms with E-state index in [0.29, 0.717) is 0 Å². The Morgan fingerprint density at radius 1 is 1.07 bits per heavy atom. The summed E-state index contributed by atoms with van der Waals surface area (Å²) in [6, 6.07) is 6.44. The van der Waals surface area contributed by atoms with Crippen molar-refractivity contribution in [2.45, 2.75) is 77.7 Å². The number of sulfonamides is 1. The maximum atomic E-state index is 12.4. The molecule has 1 N–H and O–H groups in total. The van der Waals surface area contributed by atoms with Crippen LogP contribution in [0.1, 0.15) is 47.1 Å². The molecule has 0 bridgehead atoms. The Labute approximate surface area is 171 Å². The number of benzene rings is 1. The molecular weight excluding hydrogens is 394 g/mol. The molecule has 8 heteroatoms. The lowest BCUT2D eigenvalue weighted by molar-refractivity contribution is -0.156. The van der Waals surface area contributed by atoms with E-state index in [0.717, 1.165) is 17.6 Å². The van der Waals surface area contributed by atoms with Crippen molar-refractivity contribution in [3.8, 4) is 5.75 Å². The molecule has 1 atom stereocenters. The van der Waals surface area contributed by atoms with Crippen LogP contribution >= 0.6 is 0 Å². The van der Waals surface area contributed by atoms with Crippen LogP contribution in [0.3, 0.4) is 0 Å². The van der Waals surface area contributed by atoms with Crippen molar-refractivity contribution in [2.75, 3.05) is 6.26 Å². The fourth-order valence-corrected chi connectivity index (χ4v) is 3.91. The Balaban J connectivity index is 2.96. The van der Waals surface area contributed by atoms with E-state index < -0.39 is 36.0 Å². The number of esters is 1. The average molecular weight is 430 g/mol. The van der Waals surface area contributed by atoms with Gasteiger partial charge in [0.25, 0.3) is 0 Å². The van der Waals surface area contributed by atoms with Crippen molar-refractivity contribution in [1.82, 2.24) is 4.72 Å². The highest BCUT2D eigenvalue weighted by Gasteiger charge is 2.39. The maximum absolute atomic E-state index is 12.4. The van der Waals surface area contributed by atoms with Gasteiger partial charge in [-0.3, -0.25) is 4.79 Å². The number of nitrogens with one attached hydrogen (secondary N) is 1. The third kappa shape index (κ3) is 8.32. The molecule has 0 saturated heterocycles. The summed E-state index contributed by atoms with van der Waals surface area (Å²) in [6.45, 7) is 16.1. The number of carbonyl (C=O) groups excluding carboxylic acids is 1. The molecular formula is C20H35NO5SSi. The largest absolute Gasteiger partial charge is 0.544 e. The number of ether oxygens (including phenoxy) is 1. The number of hydrogen-bond acceptors (Lipinski definition) is 5. The zero-order valence-electron chi connectivity index (χ0n) is 18.5. The van der Waals surface area contributed by atoms with E-state index in [1.165, 1.54) is 0 Å². The number of rotatable bonds is 7. The van der Waals surface area contributed by atoms with Gasteiger partial charge in [0.05, 0.1) is 6.26 Å². The molecule has 0 amide bonds. The molecule has 28 heavy (non-hydrogen) atoms. The van der Waals surface area contributed by atoms with Crippen molar-refractivity contribution < 1.29 is 22.4 Å². The maximum Gasteiger partial charge on any atom is 0.325 e. The first kappa shape index (κ1) is 24.7. The van der Waals surface area contributed by atoms with E-state index in [1.54, 1.807) is 20.8 Å². The summed E-state index contributed by atoms with van der Waals surface area (Å²) in [5.41, 5.74) is 0.115. The Kier molecular flexibility index (Phi) is 7.53. The third-order valence-electron chi connectivity index (χ3n) is 4.59. The van der Waals surface area contributed by atoms with E-state index in [2.05, 4.69) is 38.6 Å². The molecule has 0 fully saturated rings. The van der Waals surface area contributed by atoms with Gasteiger partial charge in [-0.25, -0.2) is 13.1 Å². The molecule has 1 aromatic rings. The third-order valence-corrected chi connectivity index (χ3v) is 9.66. The smallest absolute Gasteiger partial charge is 0.325 e. The molecule has 0 aliphatic carbocycles. The second-order valence-corrected chi connectivity index (χ2v) is 16.2. The number of carbonyl (C=O) groups is 1. The average Bonchev–Trinajstić information content (AvgIpc) is 2.44. The molecule has 6 nitrogen and oxygen atoms in total. The topological polar surface area (TPSA) is 81.7 Å². The van der Waals surface area contributed by atoms with Crippen molar-refractivity contribution in [3.63, 3.8) is 0 Å². The van der Waals surface area contributed by atoms with Gasteiger partial charge in [0.1, 0.15) is 17.4 Å². The normalized spacial score (nSPS) is 14.5. The van der Waals surface area contributed by atoms with E-state index in [9.17, 15) is 13.2 Å². The predicted molar refractivity (Wildman–Crippen MR) is 116 cm³/mol. The summed E-state index contributed by atoms with van der Waals surface area (Å²) in [7, 11) is -5.50. The summed E-state index contributed by atoms with van der Waals surface area (Å²) in [6.07, 6.45) is 1.23. The van der Waals surface area contributed by atoms with Crippen LogP contribution in [0, 0.1) is 0 Å². The summed E-state index contributed by atoms with van der Waals surface area (Å²) in [5, 5.41) is 0.0902. The van der Waals surface area contributed by atoms with Crippen LogP contribution in [0.2, 0.25) is 18.1 Å². The first-order chi connectivity index (χ1) is 12.4. The van der Waals surface area contributed by atoms with Gasteiger partial charge in [0, 0.05) is 0 Å². The van der Waals surface area contributed by atoms with Crippen LogP contribution in [0.25, 0.3) is 0 Å². The van der Waals surface area contributed by atoms with E-state index >= 15 is 0 Å². The van der Waals surface area contributed by atoms with Gasteiger partial charge in [-0.1, -0.05) is 32.9 Å². The molecule has 0 spiro atoms. The molecule has 0 aliphatic rings. The first-order valence-electron chi connectivity index (χ1n) is 9.38. The van der Waals surface area contributed by atoms with Gasteiger partial charge in [-0.15, -0.1) is 0 Å². The Bertz CT molecular complexity index is 774. The highest BCUT2D eigenvalue weighted by molar-refractivity contribution is 7.88. The molecule has 0 heterocycles. The molecule has 0 aliphatic heterocycles. The predicted octanol–water partition coefficient (Wildman–Crippen LogP) is 3.87. The molecule has 0 radical (unpaired) electrons. The monoisotopic (exact) mass is 429 g/mol. The summed E-state index contributed by atoms with van der Waals surface area (Å²) < 4.78 is 37.3. The van der Waals surface area contributed by atoms with Crippen molar-refractivity contribution in [1.29, 1.82) is 0 Å². The zero-order chi connectivity index (χ0) is 22.0. The van der Waals surface area contributed by atoms with E-state index in [1.807, 2.05) is 24.3 Å². The minimum atomic E-state index is -3.56. The van der Waals surface area contributed by atoms with Crippen LogP contribution in [0.5, 0.6) is 5.75 Å². The van der Waals surface area contributed by atoms with Gasteiger partial charge in [0.2, 0.25) is 18.3 Å². The van der Waals surface area contributed by atoms with Crippen LogP contribution in [0.4, 0.5) is 0 Å².